The summed E-state index contributed by atoms with van der Waals surface area (Å²) in [5.41, 5.74) is 0. The van der Waals surface area contributed by atoms with Gasteiger partial charge in [-0.05, 0) is 6.92 Å². The van der Waals surface area contributed by atoms with Crippen molar-refractivity contribution >= 4 is 11.8 Å². The van der Waals surface area contributed by atoms with Gasteiger partial charge >= 0.3 is 5.97 Å². The van der Waals surface area contributed by atoms with E-state index < -0.39 is 23.8 Å². The second-order valence-corrected chi connectivity index (χ2v) is 4.20. The standard InChI is InChI=1S/C13H18O5/c1-5-7-17-13(3)8-9(14)11(12(15)16-4)10(6-2)18-13/h5-6,10-11H,1-2,7-8H2,3-4H3. The van der Waals surface area contributed by atoms with Crippen LogP contribution in [0.15, 0.2) is 25.3 Å². The van der Waals surface area contributed by atoms with Crippen molar-refractivity contribution < 1.29 is 23.8 Å². The van der Waals surface area contributed by atoms with Crippen molar-refractivity contribution in [2.24, 2.45) is 5.92 Å². The third kappa shape index (κ3) is 3.05. The van der Waals surface area contributed by atoms with Crippen molar-refractivity contribution in [3.8, 4) is 0 Å². The number of hydrogen-bond acceptors (Lipinski definition) is 5. The minimum Gasteiger partial charge on any atom is -0.468 e. The molecule has 3 atom stereocenters. The Hall–Kier alpha value is -1.46. The SMILES string of the molecule is C=CCOC1(C)CC(=O)C(C(=O)OC)C(C=C)O1. The summed E-state index contributed by atoms with van der Waals surface area (Å²) in [7, 11) is 1.23. The number of rotatable bonds is 5. The average Bonchev–Trinajstić information content (AvgIpc) is 2.34. The first-order valence-electron chi connectivity index (χ1n) is 5.63. The highest BCUT2D eigenvalue weighted by Crippen LogP contribution is 2.32. The number of ketones is 1. The maximum atomic E-state index is 12.0. The first-order chi connectivity index (χ1) is 8.47. The molecule has 0 aromatic heterocycles. The molecule has 1 fully saturated rings. The molecule has 1 aliphatic heterocycles. The second kappa shape index (κ2) is 5.93. The molecule has 3 unspecified atom stereocenters. The van der Waals surface area contributed by atoms with Crippen LogP contribution in [0.1, 0.15) is 13.3 Å². The lowest BCUT2D eigenvalue weighted by Crippen LogP contribution is -2.51. The van der Waals surface area contributed by atoms with Crippen LogP contribution in [0, 0.1) is 5.92 Å². The number of Topliss-reactive ketones (excluding diaryl/α,β-unsaturated/α-hetero) is 1. The van der Waals surface area contributed by atoms with E-state index in [0.717, 1.165) is 0 Å². The van der Waals surface area contributed by atoms with Crippen LogP contribution in [0.25, 0.3) is 0 Å². The Morgan fingerprint density at radius 1 is 1.61 bits per heavy atom. The van der Waals surface area contributed by atoms with Gasteiger partial charge < -0.3 is 14.2 Å². The summed E-state index contributed by atoms with van der Waals surface area (Å²) >= 11 is 0. The maximum absolute atomic E-state index is 12.0. The molecule has 1 heterocycles. The molecule has 0 radical (unpaired) electrons. The monoisotopic (exact) mass is 254 g/mol. The van der Waals surface area contributed by atoms with E-state index in [9.17, 15) is 9.59 Å². The fourth-order valence-corrected chi connectivity index (χ4v) is 1.90. The van der Waals surface area contributed by atoms with Crippen LogP contribution in [0.2, 0.25) is 0 Å². The topological polar surface area (TPSA) is 61.8 Å². The third-order valence-corrected chi connectivity index (χ3v) is 2.75. The molecule has 0 amide bonds. The van der Waals surface area contributed by atoms with Gasteiger partial charge in [-0.3, -0.25) is 9.59 Å². The quantitative estimate of drug-likeness (QED) is 0.419. The van der Waals surface area contributed by atoms with E-state index in [1.165, 1.54) is 13.2 Å². The Labute approximate surface area is 106 Å². The van der Waals surface area contributed by atoms with Crippen molar-refractivity contribution in [2.75, 3.05) is 13.7 Å². The van der Waals surface area contributed by atoms with Gasteiger partial charge in [0.15, 0.2) is 11.6 Å². The van der Waals surface area contributed by atoms with E-state index in [4.69, 9.17) is 9.47 Å². The molecule has 0 aromatic rings. The normalized spacial score (nSPS) is 31.8. The van der Waals surface area contributed by atoms with Crippen molar-refractivity contribution in [3.05, 3.63) is 25.3 Å². The van der Waals surface area contributed by atoms with E-state index in [-0.39, 0.29) is 18.8 Å². The van der Waals surface area contributed by atoms with Crippen LogP contribution < -0.4 is 0 Å². The van der Waals surface area contributed by atoms with Crippen LogP contribution in [-0.4, -0.2) is 37.4 Å². The van der Waals surface area contributed by atoms with Crippen LogP contribution in [0.3, 0.4) is 0 Å². The van der Waals surface area contributed by atoms with Gasteiger partial charge in [0.05, 0.1) is 26.2 Å². The minimum atomic E-state index is -1.06. The summed E-state index contributed by atoms with van der Waals surface area (Å²) in [6, 6.07) is 0. The first-order valence-corrected chi connectivity index (χ1v) is 5.63. The van der Waals surface area contributed by atoms with Gasteiger partial charge in [0.1, 0.15) is 5.92 Å². The van der Waals surface area contributed by atoms with E-state index >= 15 is 0 Å². The molecule has 1 aliphatic rings. The Bertz CT molecular complexity index is 362. The number of carbonyl (C=O) groups is 2. The molecule has 0 N–H and O–H groups in total. The van der Waals surface area contributed by atoms with Crippen LogP contribution in [0.5, 0.6) is 0 Å². The van der Waals surface area contributed by atoms with Gasteiger partial charge in [0.25, 0.3) is 0 Å². The fraction of sp³-hybridized carbons (Fsp3) is 0.538. The highest BCUT2D eigenvalue weighted by molar-refractivity contribution is 6.00. The molecule has 5 heteroatoms. The number of carbonyl (C=O) groups excluding carboxylic acids is 2. The molecule has 0 bridgehead atoms. The van der Waals surface area contributed by atoms with Crippen molar-refractivity contribution in [1.29, 1.82) is 0 Å². The zero-order valence-electron chi connectivity index (χ0n) is 10.7. The molecule has 0 aromatic carbocycles. The molecule has 1 saturated heterocycles. The maximum Gasteiger partial charge on any atom is 0.319 e. The highest BCUT2D eigenvalue weighted by Gasteiger charge is 2.47. The summed E-state index contributed by atoms with van der Waals surface area (Å²) in [5, 5.41) is 0. The smallest absolute Gasteiger partial charge is 0.319 e. The predicted octanol–water partition coefficient (Wildman–Crippen LogP) is 1.24. The number of hydrogen-bond donors (Lipinski definition) is 0. The van der Waals surface area contributed by atoms with Crippen LogP contribution >= 0.6 is 0 Å². The van der Waals surface area contributed by atoms with Crippen molar-refractivity contribution in [2.45, 2.75) is 25.2 Å². The Balaban J connectivity index is 2.87. The lowest BCUT2D eigenvalue weighted by Gasteiger charge is -2.39. The number of ether oxygens (including phenoxy) is 3. The molecular weight excluding hydrogens is 236 g/mol. The first kappa shape index (κ1) is 14.6. The van der Waals surface area contributed by atoms with Gasteiger partial charge in [-0.15, -0.1) is 13.2 Å². The van der Waals surface area contributed by atoms with E-state index in [1.54, 1.807) is 13.0 Å². The van der Waals surface area contributed by atoms with E-state index in [2.05, 4.69) is 17.9 Å². The Kier molecular flexibility index (Phi) is 4.81. The molecule has 100 valence electrons. The highest BCUT2D eigenvalue weighted by atomic mass is 16.7. The zero-order chi connectivity index (χ0) is 13.8. The number of methoxy groups -OCH3 is 1. The van der Waals surface area contributed by atoms with Gasteiger partial charge in [-0.2, -0.15) is 0 Å². The van der Waals surface area contributed by atoms with Crippen LogP contribution in [0.4, 0.5) is 0 Å². The second-order valence-electron chi connectivity index (χ2n) is 4.20. The minimum absolute atomic E-state index is 0.00898. The van der Waals surface area contributed by atoms with Gasteiger partial charge in [0.2, 0.25) is 0 Å². The third-order valence-electron chi connectivity index (χ3n) is 2.75. The van der Waals surface area contributed by atoms with Gasteiger partial charge in [0, 0.05) is 0 Å². The molecule has 5 nitrogen and oxygen atoms in total. The molecular formula is C13H18O5. The van der Waals surface area contributed by atoms with Crippen molar-refractivity contribution in [1.82, 2.24) is 0 Å². The fourth-order valence-electron chi connectivity index (χ4n) is 1.90. The summed E-state index contributed by atoms with van der Waals surface area (Å²) in [6.07, 6.45) is 2.22. The van der Waals surface area contributed by atoms with Crippen LogP contribution in [-0.2, 0) is 23.8 Å². The molecule has 0 spiro atoms. The molecule has 0 saturated carbocycles. The average molecular weight is 254 g/mol. The predicted molar refractivity (Wildman–Crippen MR) is 64.8 cm³/mol. The Morgan fingerprint density at radius 3 is 2.78 bits per heavy atom. The van der Waals surface area contributed by atoms with Crippen molar-refractivity contribution in [3.63, 3.8) is 0 Å². The lowest BCUT2D eigenvalue weighted by atomic mass is 9.89. The summed E-state index contributed by atoms with van der Waals surface area (Å²) < 4.78 is 15.6. The number of esters is 1. The summed E-state index contributed by atoms with van der Waals surface area (Å²) in [6.45, 7) is 9.01. The van der Waals surface area contributed by atoms with E-state index in [0.29, 0.717) is 0 Å². The molecule has 0 aliphatic carbocycles. The summed E-state index contributed by atoms with van der Waals surface area (Å²) in [4.78, 5) is 23.6. The molecule has 18 heavy (non-hydrogen) atoms. The lowest BCUT2D eigenvalue weighted by molar-refractivity contribution is -0.257. The zero-order valence-corrected chi connectivity index (χ0v) is 10.7. The Morgan fingerprint density at radius 2 is 2.28 bits per heavy atom. The molecule has 1 rings (SSSR count). The van der Waals surface area contributed by atoms with Gasteiger partial charge in [-0.25, -0.2) is 0 Å². The largest absolute Gasteiger partial charge is 0.468 e. The van der Waals surface area contributed by atoms with Gasteiger partial charge in [-0.1, -0.05) is 12.2 Å². The summed E-state index contributed by atoms with van der Waals surface area (Å²) in [5.74, 6) is -2.91. The van der Waals surface area contributed by atoms with E-state index in [1.807, 2.05) is 0 Å².